The van der Waals surface area contributed by atoms with Gasteiger partial charge in [-0.05, 0) is 59.0 Å². The summed E-state index contributed by atoms with van der Waals surface area (Å²) in [6.45, 7) is -0.0138. The number of cyclic esters (lactones) is 1. The molecule has 7 rings (SSSR count). The molecule has 0 radical (unpaired) electrons. The first-order valence-electron chi connectivity index (χ1n) is 17.3. The van der Waals surface area contributed by atoms with Crippen LogP contribution in [0, 0.1) is 17.8 Å². The lowest BCUT2D eigenvalue weighted by Gasteiger charge is -2.46. The van der Waals surface area contributed by atoms with Crippen LogP contribution in [0.3, 0.4) is 0 Å². The molecule has 0 saturated carbocycles. The van der Waals surface area contributed by atoms with Crippen LogP contribution in [-0.2, 0) is 38.8 Å². The van der Waals surface area contributed by atoms with Crippen molar-refractivity contribution in [2.75, 3.05) is 32.8 Å². The Hall–Kier alpha value is -5.96. The molecule has 4 aromatic rings. The van der Waals surface area contributed by atoms with Gasteiger partial charge in [0.25, 0.3) is 0 Å². The number of carbonyl (C=O) groups is 4. The number of carbonyl (C=O) groups excluding carboxylic acids is 4. The molecular weight excluding hydrogens is 676 g/mol. The van der Waals surface area contributed by atoms with Crippen LogP contribution in [0.5, 0.6) is 5.75 Å². The number of nitrogens with one attached hydrogen (secondary N) is 1. The van der Waals surface area contributed by atoms with Gasteiger partial charge in [0, 0.05) is 17.7 Å². The highest BCUT2D eigenvalue weighted by Crippen LogP contribution is 2.62. The number of rotatable bonds is 9. The number of aliphatic hydroxyl groups is 1. The second kappa shape index (κ2) is 14.9. The first kappa shape index (κ1) is 35.4. The normalized spacial score (nSPS) is 22.9. The zero-order valence-electron chi connectivity index (χ0n) is 29.2. The summed E-state index contributed by atoms with van der Waals surface area (Å²) in [5, 5.41) is 12.4. The molecule has 2 saturated heterocycles. The number of morpholine rings is 1. The standard InChI is InChI=1S/C42H38N2O9/c1-50-38(46)31(39(47)51-2)15-9-10-26-16-21-33-32(24-26)42(41(49)43-33)25-34-40(48)53-36(28-13-7-4-8-14-28)35(27-11-5-3-6-12-27)44(34)37(42)29-17-19-30(20-18-29)52-23-22-45/h3-8,11-14,16-21,24,31,34-37,45H,15,22-23,25H2,1-2H3,(H,43,49)/t34-,35-,36+,37+,42+/m1/s1. The Morgan fingerprint density at radius 3 is 2.21 bits per heavy atom. The third kappa shape index (κ3) is 6.41. The Bertz CT molecular complexity index is 2060. The predicted molar refractivity (Wildman–Crippen MR) is 192 cm³/mol. The van der Waals surface area contributed by atoms with Crippen molar-refractivity contribution in [1.29, 1.82) is 0 Å². The predicted octanol–water partition coefficient (Wildman–Crippen LogP) is 4.81. The second-order valence-electron chi connectivity index (χ2n) is 13.1. The molecule has 2 N–H and O–H groups in total. The van der Waals surface area contributed by atoms with Crippen LogP contribution in [0.2, 0.25) is 0 Å². The Labute approximate surface area is 306 Å². The molecule has 0 unspecified atom stereocenters. The quantitative estimate of drug-likeness (QED) is 0.108. The molecular formula is C42H38N2O9. The van der Waals surface area contributed by atoms with Gasteiger partial charge in [-0.2, -0.15) is 0 Å². The number of anilines is 1. The van der Waals surface area contributed by atoms with Crippen molar-refractivity contribution in [1.82, 2.24) is 4.90 Å². The molecule has 5 atom stereocenters. The van der Waals surface area contributed by atoms with Crippen LogP contribution < -0.4 is 10.1 Å². The molecule has 11 heteroatoms. The topological polar surface area (TPSA) is 141 Å². The number of fused-ring (bicyclic) bond motifs is 3. The molecule has 1 spiro atoms. The lowest BCUT2D eigenvalue weighted by atomic mass is 9.71. The van der Waals surface area contributed by atoms with Crippen molar-refractivity contribution in [2.45, 2.75) is 42.5 Å². The van der Waals surface area contributed by atoms with E-state index in [9.17, 15) is 24.3 Å². The number of benzene rings is 4. The van der Waals surface area contributed by atoms with E-state index in [0.717, 1.165) is 16.7 Å². The maximum atomic E-state index is 14.6. The van der Waals surface area contributed by atoms with E-state index in [2.05, 4.69) is 22.1 Å². The lowest BCUT2D eigenvalue weighted by Crippen LogP contribution is -2.49. The van der Waals surface area contributed by atoms with Crippen molar-refractivity contribution in [2.24, 2.45) is 5.92 Å². The second-order valence-corrected chi connectivity index (χ2v) is 13.1. The zero-order chi connectivity index (χ0) is 37.1. The van der Waals surface area contributed by atoms with Crippen LogP contribution in [0.15, 0.2) is 103 Å². The van der Waals surface area contributed by atoms with Gasteiger partial charge in [0.1, 0.15) is 24.5 Å². The van der Waals surface area contributed by atoms with E-state index in [1.165, 1.54) is 14.2 Å². The molecule has 4 aromatic carbocycles. The summed E-state index contributed by atoms with van der Waals surface area (Å²) in [6.07, 6.45) is -0.675. The van der Waals surface area contributed by atoms with Gasteiger partial charge in [0.15, 0.2) is 5.92 Å². The molecule has 3 aliphatic rings. The maximum Gasteiger partial charge on any atom is 0.324 e. The van der Waals surface area contributed by atoms with Gasteiger partial charge in [-0.3, -0.25) is 24.1 Å². The van der Waals surface area contributed by atoms with Crippen LogP contribution in [0.1, 0.15) is 58.8 Å². The summed E-state index contributed by atoms with van der Waals surface area (Å²) >= 11 is 0. The number of nitrogens with zero attached hydrogens (tertiary/aromatic N) is 1. The number of aliphatic hydroxyl groups excluding tert-OH is 1. The summed E-state index contributed by atoms with van der Waals surface area (Å²) in [4.78, 5) is 55.5. The third-order valence-electron chi connectivity index (χ3n) is 10.3. The highest BCUT2D eigenvalue weighted by atomic mass is 16.6. The van der Waals surface area contributed by atoms with E-state index in [4.69, 9.17) is 18.9 Å². The molecule has 0 bridgehead atoms. The molecule has 3 heterocycles. The SMILES string of the molecule is COC(=O)C(CC#Cc1ccc2c(c1)[C@]1(C[C@@H]3C(=O)O[C@@H](c4ccccc4)[C@@H](c4ccccc4)N3[C@H]1c1ccc(OCCO)cc1)C(=O)N2)C(=O)OC. The van der Waals surface area contributed by atoms with Crippen LogP contribution in [0.4, 0.5) is 5.69 Å². The minimum atomic E-state index is -1.26. The monoisotopic (exact) mass is 714 g/mol. The number of methoxy groups -OCH3 is 2. The van der Waals surface area contributed by atoms with E-state index in [-0.39, 0.29) is 32.0 Å². The first-order valence-corrected chi connectivity index (χ1v) is 17.3. The summed E-state index contributed by atoms with van der Waals surface area (Å²) < 4.78 is 21.6. The molecule has 53 heavy (non-hydrogen) atoms. The zero-order valence-corrected chi connectivity index (χ0v) is 29.2. The molecule has 3 aliphatic heterocycles. The van der Waals surface area contributed by atoms with Crippen molar-refractivity contribution in [3.63, 3.8) is 0 Å². The molecule has 11 nitrogen and oxygen atoms in total. The highest BCUT2D eigenvalue weighted by molar-refractivity contribution is 6.08. The first-order chi connectivity index (χ1) is 25.8. The Morgan fingerprint density at radius 1 is 0.906 bits per heavy atom. The third-order valence-corrected chi connectivity index (χ3v) is 10.3. The van der Waals surface area contributed by atoms with Gasteiger partial charge in [-0.15, -0.1) is 0 Å². The van der Waals surface area contributed by atoms with Gasteiger partial charge in [-0.1, -0.05) is 84.6 Å². The number of hydrogen-bond donors (Lipinski definition) is 2. The molecule has 1 amide bonds. The maximum absolute atomic E-state index is 14.6. The van der Waals surface area contributed by atoms with Crippen LogP contribution >= 0.6 is 0 Å². The van der Waals surface area contributed by atoms with Gasteiger partial charge in [-0.25, -0.2) is 0 Å². The van der Waals surface area contributed by atoms with E-state index >= 15 is 0 Å². The van der Waals surface area contributed by atoms with E-state index < -0.39 is 53.5 Å². The van der Waals surface area contributed by atoms with Gasteiger partial charge in [0.2, 0.25) is 5.91 Å². The van der Waals surface area contributed by atoms with Crippen molar-refractivity contribution in [3.05, 3.63) is 131 Å². The minimum absolute atomic E-state index is 0.126. The number of esters is 3. The van der Waals surface area contributed by atoms with Crippen molar-refractivity contribution in [3.8, 4) is 17.6 Å². The smallest absolute Gasteiger partial charge is 0.324 e. The fourth-order valence-corrected chi connectivity index (χ4v) is 7.93. The number of ether oxygens (including phenoxy) is 4. The molecule has 2 fully saturated rings. The van der Waals surface area contributed by atoms with E-state index in [1.54, 1.807) is 24.3 Å². The number of hydrogen-bond acceptors (Lipinski definition) is 10. The van der Waals surface area contributed by atoms with E-state index in [1.807, 2.05) is 78.9 Å². The van der Waals surface area contributed by atoms with Gasteiger partial charge >= 0.3 is 17.9 Å². The molecule has 270 valence electrons. The number of amides is 1. The summed E-state index contributed by atoms with van der Waals surface area (Å²) in [7, 11) is 2.38. The Morgan fingerprint density at radius 2 is 1.57 bits per heavy atom. The lowest BCUT2D eigenvalue weighted by molar-refractivity contribution is -0.175. The summed E-state index contributed by atoms with van der Waals surface area (Å²) in [6, 6.07) is 30.3. The Kier molecular flexibility index (Phi) is 10.00. The molecule has 0 aliphatic carbocycles. The Balaban J connectivity index is 1.38. The summed E-state index contributed by atoms with van der Waals surface area (Å²) in [5.74, 6) is 3.13. The van der Waals surface area contributed by atoms with Gasteiger partial charge < -0.3 is 29.4 Å². The van der Waals surface area contributed by atoms with Crippen molar-refractivity contribution >= 4 is 29.5 Å². The molecule has 0 aromatic heterocycles. The average molecular weight is 715 g/mol. The fraction of sp³-hybridized carbons (Fsp3) is 0.286. The van der Waals surface area contributed by atoms with Crippen LogP contribution in [-0.4, -0.2) is 67.3 Å². The highest BCUT2D eigenvalue weighted by Gasteiger charge is 2.67. The average Bonchev–Trinajstić information content (AvgIpc) is 3.70. The fourth-order valence-electron chi connectivity index (χ4n) is 7.93. The van der Waals surface area contributed by atoms with Gasteiger partial charge in [0.05, 0.1) is 38.3 Å². The van der Waals surface area contributed by atoms with Crippen LogP contribution in [0.25, 0.3) is 0 Å². The summed E-state index contributed by atoms with van der Waals surface area (Å²) in [5.41, 5.74) is 3.09. The van der Waals surface area contributed by atoms with E-state index in [0.29, 0.717) is 22.6 Å². The minimum Gasteiger partial charge on any atom is -0.491 e. The largest absolute Gasteiger partial charge is 0.491 e. The van der Waals surface area contributed by atoms with Crippen molar-refractivity contribution < 1.29 is 43.2 Å².